The number of rotatable bonds is 5. The maximum Gasteiger partial charge on any atom is 0.344 e. The molecule has 1 aromatic heterocycles. The minimum absolute atomic E-state index is 0.0601. The minimum atomic E-state index is -0.302. The fourth-order valence-corrected chi connectivity index (χ4v) is 2.89. The number of nitrogens with zero attached hydrogens (tertiary/aromatic N) is 2. The zero-order valence-electron chi connectivity index (χ0n) is 11.0. The van der Waals surface area contributed by atoms with Gasteiger partial charge in [0.05, 0.1) is 17.9 Å². The van der Waals surface area contributed by atoms with E-state index >= 15 is 0 Å². The van der Waals surface area contributed by atoms with Crippen molar-refractivity contribution >= 4 is 17.7 Å². The molecule has 106 valence electrons. The Hall–Kier alpha value is -1.28. The van der Waals surface area contributed by atoms with Crippen molar-refractivity contribution in [3.05, 3.63) is 10.5 Å². The van der Waals surface area contributed by atoms with E-state index in [4.69, 9.17) is 4.74 Å². The molecule has 0 bridgehead atoms. The van der Waals surface area contributed by atoms with Gasteiger partial charge in [0.1, 0.15) is 0 Å². The number of ether oxygens (including phenoxy) is 1. The molecular weight excluding hydrogens is 268 g/mol. The average molecular weight is 286 g/mol. The molecule has 1 saturated heterocycles. The number of carbonyl (C=O) groups is 1. The zero-order chi connectivity index (χ0) is 13.8. The predicted octanol–water partition coefficient (Wildman–Crippen LogP) is -0.0230. The first-order valence-electron chi connectivity index (χ1n) is 6.27. The number of amides is 1. The van der Waals surface area contributed by atoms with E-state index in [0.717, 1.165) is 19.4 Å². The van der Waals surface area contributed by atoms with Crippen LogP contribution in [0.15, 0.2) is 9.95 Å². The number of aromatic nitrogens is 3. The summed E-state index contributed by atoms with van der Waals surface area (Å²) in [4.78, 5) is 23.2. The fourth-order valence-electron chi connectivity index (χ4n) is 1.96. The summed E-state index contributed by atoms with van der Waals surface area (Å²) >= 11 is 1.26. The van der Waals surface area contributed by atoms with Crippen LogP contribution >= 0.6 is 11.8 Å². The SMILES string of the molecule is CNC(=O)[C@H](C)Sc1n[nH]c(=O)n1C[C@H]1CCCO1. The molecule has 1 amide bonds. The van der Waals surface area contributed by atoms with Crippen LogP contribution in [0.3, 0.4) is 0 Å². The first kappa shape index (κ1) is 14.1. The molecule has 0 aliphatic carbocycles. The number of hydrogen-bond donors (Lipinski definition) is 2. The molecule has 2 heterocycles. The van der Waals surface area contributed by atoms with Crippen molar-refractivity contribution < 1.29 is 9.53 Å². The third-order valence-corrected chi connectivity index (χ3v) is 4.12. The van der Waals surface area contributed by atoms with E-state index in [1.165, 1.54) is 11.8 Å². The molecular formula is C11H18N4O3S. The summed E-state index contributed by atoms with van der Waals surface area (Å²) in [6.07, 6.45) is 2.03. The highest BCUT2D eigenvalue weighted by Gasteiger charge is 2.22. The maximum atomic E-state index is 11.7. The lowest BCUT2D eigenvalue weighted by atomic mass is 10.2. The van der Waals surface area contributed by atoms with Gasteiger partial charge in [-0.1, -0.05) is 11.8 Å². The number of hydrogen-bond acceptors (Lipinski definition) is 5. The summed E-state index contributed by atoms with van der Waals surface area (Å²) in [7, 11) is 1.59. The van der Waals surface area contributed by atoms with Crippen LogP contribution in [0.5, 0.6) is 0 Å². The Morgan fingerprint density at radius 1 is 1.74 bits per heavy atom. The van der Waals surface area contributed by atoms with Crippen LogP contribution < -0.4 is 11.0 Å². The Morgan fingerprint density at radius 3 is 3.16 bits per heavy atom. The standard InChI is InChI=1S/C11H18N4O3S/c1-7(9(16)12-2)19-11-14-13-10(17)15(11)6-8-4-3-5-18-8/h7-8H,3-6H2,1-2H3,(H,12,16)(H,13,17)/t7-,8+/m0/s1. The van der Waals surface area contributed by atoms with E-state index in [-0.39, 0.29) is 23.0 Å². The number of nitrogens with one attached hydrogen (secondary N) is 2. The number of thioether (sulfide) groups is 1. The average Bonchev–Trinajstić information content (AvgIpc) is 3.02. The summed E-state index contributed by atoms with van der Waals surface area (Å²) in [5, 5.41) is 9.19. The Morgan fingerprint density at radius 2 is 2.53 bits per heavy atom. The number of H-pyrrole nitrogens is 1. The van der Waals surface area contributed by atoms with Crippen molar-refractivity contribution in [1.29, 1.82) is 0 Å². The first-order valence-corrected chi connectivity index (χ1v) is 7.15. The summed E-state index contributed by atoms with van der Waals surface area (Å²) < 4.78 is 7.06. The lowest BCUT2D eigenvalue weighted by Gasteiger charge is -2.13. The van der Waals surface area contributed by atoms with Gasteiger partial charge >= 0.3 is 5.69 Å². The second-order valence-corrected chi connectivity index (χ2v) is 5.74. The van der Waals surface area contributed by atoms with E-state index in [0.29, 0.717) is 11.7 Å². The second-order valence-electron chi connectivity index (χ2n) is 4.43. The van der Waals surface area contributed by atoms with Crippen LogP contribution in [-0.4, -0.2) is 45.7 Å². The van der Waals surface area contributed by atoms with Gasteiger partial charge in [0.25, 0.3) is 0 Å². The molecule has 2 rings (SSSR count). The molecule has 0 spiro atoms. The fraction of sp³-hybridized carbons (Fsp3) is 0.727. The normalized spacial score (nSPS) is 20.4. The minimum Gasteiger partial charge on any atom is -0.376 e. The molecule has 1 aliphatic heterocycles. The highest BCUT2D eigenvalue weighted by atomic mass is 32.2. The Labute approximate surface area is 115 Å². The van der Waals surface area contributed by atoms with Crippen LogP contribution in [-0.2, 0) is 16.1 Å². The molecule has 1 aliphatic rings. The summed E-state index contributed by atoms with van der Waals surface area (Å²) in [6.45, 7) is 3.01. The molecule has 1 aromatic rings. The van der Waals surface area contributed by atoms with Crippen LogP contribution in [0, 0.1) is 0 Å². The first-order chi connectivity index (χ1) is 9.11. The predicted molar refractivity (Wildman–Crippen MR) is 71.2 cm³/mol. The van der Waals surface area contributed by atoms with Crippen molar-refractivity contribution in [1.82, 2.24) is 20.1 Å². The quantitative estimate of drug-likeness (QED) is 0.742. The van der Waals surface area contributed by atoms with Crippen LogP contribution in [0.1, 0.15) is 19.8 Å². The van der Waals surface area contributed by atoms with E-state index in [9.17, 15) is 9.59 Å². The van der Waals surface area contributed by atoms with Gasteiger partial charge in [-0.3, -0.25) is 9.36 Å². The third kappa shape index (κ3) is 3.38. The highest BCUT2D eigenvalue weighted by Crippen LogP contribution is 2.21. The second kappa shape index (κ2) is 6.25. The van der Waals surface area contributed by atoms with Gasteiger partial charge in [-0.2, -0.15) is 0 Å². The smallest absolute Gasteiger partial charge is 0.344 e. The Balaban J connectivity index is 2.08. The Bertz CT molecular complexity index is 492. The van der Waals surface area contributed by atoms with Gasteiger partial charge in [-0.25, -0.2) is 9.89 Å². The molecule has 19 heavy (non-hydrogen) atoms. The zero-order valence-corrected chi connectivity index (χ0v) is 11.8. The topological polar surface area (TPSA) is 89.0 Å². The van der Waals surface area contributed by atoms with Gasteiger partial charge < -0.3 is 10.1 Å². The monoisotopic (exact) mass is 286 g/mol. The van der Waals surface area contributed by atoms with E-state index in [1.54, 1.807) is 18.5 Å². The highest BCUT2D eigenvalue weighted by molar-refractivity contribution is 8.00. The molecule has 2 N–H and O–H groups in total. The third-order valence-electron chi connectivity index (χ3n) is 3.03. The molecule has 2 atom stereocenters. The summed E-state index contributed by atoms with van der Waals surface area (Å²) in [5.74, 6) is -0.0934. The van der Waals surface area contributed by atoms with Crippen molar-refractivity contribution in [3.63, 3.8) is 0 Å². The number of aromatic amines is 1. The lowest BCUT2D eigenvalue weighted by Crippen LogP contribution is -2.29. The van der Waals surface area contributed by atoms with E-state index < -0.39 is 0 Å². The molecule has 0 aromatic carbocycles. The van der Waals surface area contributed by atoms with Crippen LogP contribution in [0.2, 0.25) is 0 Å². The lowest BCUT2D eigenvalue weighted by molar-refractivity contribution is -0.119. The molecule has 0 radical (unpaired) electrons. The van der Waals surface area contributed by atoms with Crippen molar-refractivity contribution in [3.8, 4) is 0 Å². The van der Waals surface area contributed by atoms with Gasteiger partial charge in [0.2, 0.25) is 5.91 Å². The molecule has 1 fully saturated rings. The largest absolute Gasteiger partial charge is 0.376 e. The van der Waals surface area contributed by atoms with Gasteiger partial charge in [-0.15, -0.1) is 5.10 Å². The summed E-state index contributed by atoms with van der Waals surface area (Å²) in [6, 6.07) is 0. The maximum absolute atomic E-state index is 11.7. The molecule has 0 saturated carbocycles. The summed E-state index contributed by atoms with van der Waals surface area (Å²) in [5.41, 5.74) is -0.262. The Kier molecular flexibility index (Phi) is 4.65. The van der Waals surface area contributed by atoms with Crippen molar-refractivity contribution in [2.75, 3.05) is 13.7 Å². The van der Waals surface area contributed by atoms with Gasteiger partial charge in [0, 0.05) is 13.7 Å². The van der Waals surface area contributed by atoms with Gasteiger partial charge in [0.15, 0.2) is 5.16 Å². The van der Waals surface area contributed by atoms with E-state index in [1.807, 2.05) is 0 Å². The molecule has 0 unspecified atom stereocenters. The van der Waals surface area contributed by atoms with E-state index in [2.05, 4.69) is 15.5 Å². The number of carbonyl (C=O) groups excluding carboxylic acids is 1. The van der Waals surface area contributed by atoms with Crippen LogP contribution in [0.25, 0.3) is 0 Å². The molecule has 8 heteroatoms. The van der Waals surface area contributed by atoms with Gasteiger partial charge in [-0.05, 0) is 19.8 Å². The van der Waals surface area contributed by atoms with Crippen LogP contribution in [0.4, 0.5) is 0 Å². The van der Waals surface area contributed by atoms with Crippen molar-refractivity contribution in [2.45, 2.75) is 42.8 Å². The molecule has 7 nitrogen and oxygen atoms in total. The van der Waals surface area contributed by atoms with Crippen molar-refractivity contribution in [2.24, 2.45) is 0 Å².